The molecule has 0 saturated heterocycles. The summed E-state index contributed by atoms with van der Waals surface area (Å²) in [6.45, 7) is 7.31. The molecular weight excluding hydrogens is 204 g/mol. The van der Waals surface area contributed by atoms with Gasteiger partial charge in [-0.2, -0.15) is 0 Å². The van der Waals surface area contributed by atoms with Crippen molar-refractivity contribution in [1.29, 1.82) is 0 Å². The van der Waals surface area contributed by atoms with Gasteiger partial charge in [-0.05, 0) is 45.4 Å². The second kappa shape index (κ2) is 6.00. The maximum atomic E-state index is 10.0. The Morgan fingerprint density at radius 1 is 1.31 bits per heavy atom. The first-order valence-corrected chi connectivity index (χ1v) is 5.01. The number of primary amides is 1. The Bertz CT molecular complexity index is 326. The fraction of sp³-hybridized carbons (Fsp3) is 0.417. The third-order valence-electron chi connectivity index (χ3n) is 1.45. The molecule has 0 fully saturated rings. The van der Waals surface area contributed by atoms with Crippen LogP contribution >= 0.6 is 0 Å². The summed E-state index contributed by atoms with van der Waals surface area (Å²) in [6, 6.07) is 7.80. The quantitative estimate of drug-likeness (QED) is 0.664. The lowest BCUT2D eigenvalue weighted by molar-refractivity contribution is 0.0600. The molecule has 16 heavy (non-hydrogen) atoms. The first kappa shape index (κ1) is 14.3. The van der Waals surface area contributed by atoms with Gasteiger partial charge in [-0.15, -0.1) is 0 Å². The van der Waals surface area contributed by atoms with Crippen molar-refractivity contribution in [3.63, 3.8) is 0 Å². The van der Waals surface area contributed by atoms with E-state index in [1.54, 1.807) is 20.8 Å². The standard InChI is InChI=1S/C7H9N.C5H11NO2/c1-6-3-2-4-7(8)5-6;1-5(2,3)8-4(6)7/h2-5H,8H2,1H3;1-3H3,(H2,6,7). The summed E-state index contributed by atoms with van der Waals surface area (Å²) in [5.74, 6) is 0. The molecular formula is C12H20N2O2. The molecule has 1 rings (SSSR count). The molecule has 0 unspecified atom stereocenters. The van der Waals surface area contributed by atoms with Gasteiger partial charge in [0.25, 0.3) is 0 Å². The zero-order valence-electron chi connectivity index (χ0n) is 10.3. The van der Waals surface area contributed by atoms with E-state index in [-0.39, 0.29) is 0 Å². The van der Waals surface area contributed by atoms with Crippen molar-refractivity contribution >= 4 is 11.8 Å². The Morgan fingerprint density at radius 3 is 2.06 bits per heavy atom. The van der Waals surface area contributed by atoms with Crippen LogP contribution in [0.5, 0.6) is 0 Å². The molecule has 90 valence electrons. The molecule has 0 radical (unpaired) electrons. The molecule has 1 aromatic carbocycles. The maximum Gasteiger partial charge on any atom is 0.405 e. The number of amides is 1. The maximum absolute atomic E-state index is 10.0. The first-order valence-electron chi connectivity index (χ1n) is 5.01. The first-order chi connectivity index (χ1) is 7.20. The van der Waals surface area contributed by atoms with E-state index >= 15 is 0 Å². The number of ether oxygens (including phenoxy) is 1. The summed E-state index contributed by atoms with van der Waals surface area (Å²) in [5, 5.41) is 0. The summed E-state index contributed by atoms with van der Waals surface area (Å²) in [5.41, 5.74) is 11.8. The van der Waals surface area contributed by atoms with Crippen LogP contribution in [-0.4, -0.2) is 11.7 Å². The number of benzene rings is 1. The highest BCUT2D eigenvalue weighted by atomic mass is 16.6. The topological polar surface area (TPSA) is 78.3 Å². The molecule has 1 aromatic rings. The highest BCUT2D eigenvalue weighted by molar-refractivity contribution is 5.65. The van der Waals surface area contributed by atoms with Crippen LogP contribution in [0.1, 0.15) is 26.3 Å². The molecule has 0 aromatic heterocycles. The molecule has 0 heterocycles. The monoisotopic (exact) mass is 224 g/mol. The summed E-state index contributed by atoms with van der Waals surface area (Å²) in [4.78, 5) is 10.0. The molecule has 0 bridgehead atoms. The average molecular weight is 224 g/mol. The van der Waals surface area contributed by atoms with Crippen LogP contribution < -0.4 is 11.5 Å². The van der Waals surface area contributed by atoms with Crippen molar-refractivity contribution < 1.29 is 9.53 Å². The molecule has 0 aliphatic heterocycles. The Hall–Kier alpha value is -1.71. The zero-order valence-corrected chi connectivity index (χ0v) is 10.3. The number of aryl methyl sites for hydroxylation is 1. The average Bonchev–Trinajstić information content (AvgIpc) is 1.98. The number of carbonyl (C=O) groups excluding carboxylic acids is 1. The number of carbonyl (C=O) groups is 1. The van der Waals surface area contributed by atoms with Crippen molar-refractivity contribution in [2.75, 3.05) is 5.73 Å². The number of hydrogen-bond donors (Lipinski definition) is 2. The molecule has 0 aliphatic rings. The van der Waals surface area contributed by atoms with E-state index in [9.17, 15) is 4.79 Å². The van der Waals surface area contributed by atoms with Gasteiger partial charge < -0.3 is 16.2 Å². The number of hydrogen-bond acceptors (Lipinski definition) is 3. The number of nitrogen functional groups attached to an aromatic ring is 1. The minimum absolute atomic E-state index is 0.453. The van der Waals surface area contributed by atoms with Crippen LogP contribution in [0, 0.1) is 6.92 Å². The molecule has 4 nitrogen and oxygen atoms in total. The SMILES string of the molecule is CC(C)(C)OC(N)=O.Cc1cccc(N)c1. The normalized spacial score (nSPS) is 10.0. The van der Waals surface area contributed by atoms with Crippen LogP contribution in [0.3, 0.4) is 0 Å². The van der Waals surface area contributed by atoms with E-state index in [0.717, 1.165) is 5.69 Å². The highest BCUT2D eigenvalue weighted by Crippen LogP contribution is 2.05. The van der Waals surface area contributed by atoms with E-state index in [1.165, 1.54) is 5.56 Å². The third-order valence-corrected chi connectivity index (χ3v) is 1.45. The Balaban J connectivity index is 0.000000281. The van der Waals surface area contributed by atoms with Gasteiger partial charge in [-0.25, -0.2) is 4.79 Å². The van der Waals surface area contributed by atoms with E-state index in [4.69, 9.17) is 11.5 Å². The molecule has 0 saturated carbocycles. The lowest BCUT2D eigenvalue weighted by Gasteiger charge is -2.16. The Morgan fingerprint density at radius 2 is 1.88 bits per heavy atom. The molecule has 0 spiro atoms. The number of anilines is 1. The minimum atomic E-state index is -0.725. The van der Waals surface area contributed by atoms with Crippen LogP contribution in [-0.2, 0) is 4.74 Å². The molecule has 0 atom stereocenters. The number of nitrogens with two attached hydrogens (primary N) is 2. The van der Waals surface area contributed by atoms with Gasteiger partial charge in [0.05, 0.1) is 0 Å². The van der Waals surface area contributed by atoms with Crippen LogP contribution in [0.25, 0.3) is 0 Å². The predicted octanol–water partition coefficient (Wildman–Crippen LogP) is 2.46. The van der Waals surface area contributed by atoms with Gasteiger partial charge in [0.1, 0.15) is 5.60 Å². The van der Waals surface area contributed by atoms with E-state index in [1.807, 2.05) is 31.2 Å². The van der Waals surface area contributed by atoms with Crippen molar-refractivity contribution in [2.45, 2.75) is 33.3 Å². The molecule has 0 aliphatic carbocycles. The summed E-state index contributed by atoms with van der Waals surface area (Å²) >= 11 is 0. The fourth-order valence-corrected chi connectivity index (χ4v) is 0.972. The van der Waals surface area contributed by atoms with Gasteiger partial charge in [0.2, 0.25) is 0 Å². The van der Waals surface area contributed by atoms with Crippen LogP contribution in [0.15, 0.2) is 24.3 Å². The van der Waals surface area contributed by atoms with Crippen molar-refractivity contribution in [3.8, 4) is 0 Å². The highest BCUT2D eigenvalue weighted by Gasteiger charge is 2.12. The van der Waals surface area contributed by atoms with E-state index in [2.05, 4.69) is 4.74 Å². The third kappa shape index (κ3) is 8.87. The van der Waals surface area contributed by atoms with E-state index in [0.29, 0.717) is 0 Å². The predicted molar refractivity (Wildman–Crippen MR) is 66.0 cm³/mol. The second-order valence-corrected chi connectivity index (χ2v) is 4.45. The van der Waals surface area contributed by atoms with Crippen molar-refractivity contribution in [1.82, 2.24) is 0 Å². The van der Waals surface area contributed by atoms with Gasteiger partial charge in [-0.3, -0.25) is 0 Å². The lowest BCUT2D eigenvalue weighted by atomic mass is 10.2. The second-order valence-electron chi connectivity index (χ2n) is 4.45. The van der Waals surface area contributed by atoms with Crippen molar-refractivity contribution in [3.05, 3.63) is 29.8 Å². The molecule has 4 N–H and O–H groups in total. The summed E-state index contributed by atoms with van der Waals surface area (Å²) < 4.78 is 4.58. The molecule has 4 heteroatoms. The van der Waals surface area contributed by atoms with Crippen LogP contribution in [0.2, 0.25) is 0 Å². The summed E-state index contributed by atoms with van der Waals surface area (Å²) in [7, 11) is 0. The van der Waals surface area contributed by atoms with E-state index < -0.39 is 11.7 Å². The Labute approximate surface area is 96.6 Å². The molecule has 1 amide bonds. The van der Waals surface area contributed by atoms with Crippen molar-refractivity contribution in [2.24, 2.45) is 5.73 Å². The Kier molecular flexibility index (Phi) is 5.36. The van der Waals surface area contributed by atoms with Gasteiger partial charge in [-0.1, -0.05) is 12.1 Å². The zero-order chi connectivity index (χ0) is 12.8. The number of rotatable bonds is 0. The largest absolute Gasteiger partial charge is 0.444 e. The fourth-order valence-electron chi connectivity index (χ4n) is 0.972. The minimum Gasteiger partial charge on any atom is -0.444 e. The lowest BCUT2D eigenvalue weighted by Crippen LogP contribution is -2.27. The summed E-state index contributed by atoms with van der Waals surface area (Å²) in [6.07, 6.45) is -0.725. The smallest absolute Gasteiger partial charge is 0.405 e. The van der Waals surface area contributed by atoms with Gasteiger partial charge in [0.15, 0.2) is 0 Å². The van der Waals surface area contributed by atoms with Gasteiger partial charge in [0, 0.05) is 5.69 Å². The van der Waals surface area contributed by atoms with Crippen LogP contribution in [0.4, 0.5) is 10.5 Å². The van der Waals surface area contributed by atoms with Gasteiger partial charge >= 0.3 is 6.09 Å².